The molecule has 7 heteroatoms. The van der Waals surface area contributed by atoms with E-state index in [9.17, 15) is 14.0 Å². The van der Waals surface area contributed by atoms with Gasteiger partial charge in [-0.2, -0.15) is 5.26 Å². The molecule has 2 aromatic carbocycles. The SMILES string of the molecule is CCOC1CCC(C2(c3cc(-c4cc(C#N)cc(C(F)F)c4)ccc3C)N=C(C)C(N)=N2)CC1. The average Bonchev–Trinajstić information content (AvgIpc) is 3.14. The molecule has 0 aromatic heterocycles. The van der Waals surface area contributed by atoms with Gasteiger partial charge in [0.05, 0.1) is 23.4 Å². The van der Waals surface area contributed by atoms with Crippen molar-refractivity contribution in [3.05, 3.63) is 58.7 Å². The lowest BCUT2D eigenvalue weighted by molar-refractivity contribution is 0.0154. The molecule has 1 atom stereocenters. The Morgan fingerprint density at radius 1 is 1.09 bits per heavy atom. The van der Waals surface area contributed by atoms with Crippen molar-refractivity contribution < 1.29 is 13.5 Å². The number of nitrogens with two attached hydrogens (primary N) is 1. The Labute approximate surface area is 199 Å². The number of aryl methyl sites for hydroxylation is 1. The van der Waals surface area contributed by atoms with Crippen LogP contribution < -0.4 is 5.73 Å². The lowest BCUT2D eigenvalue weighted by Gasteiger charge is -2.38. The van der Waals surface area contributed by atoms with Crippen molar-refractivity contribution in [3.63, 3.8) is 0 Å². The third-order valence-electron chi connectivity index (χ3n) is 6.95. The van der Waals surface area contributed by atoms with Crippen LogP contribution >= 0.6 is 0 Å². The predicted molar refractivity (Wildman–Crippen MR) is 130 cm³/mol. The molecular formula is C27H30F2N4O. The number of halogens is 2. The Hall–Kier alpha value is -3.11. The van der Waals surface area contributed by atoms with Gasteiger partial charge in [0.25, 0.3) is 6.43 Å². The zero-order chi connectivity index (χ0) is 24.5. The molecule has 1 aliphatic carbocycles. The van der Waals surface area contributed by atoms with Crippen LogP contribution in [0.25, 0.3) is 11.1 Å². The summed E-state index contributed by atoms with van der Waals surface area (Å²) in [5.41, 5.74) is 9.39. The van der Waals surface area contributed by atoms with Crippen molar-refractivity contribution in [2.45, 2.75) is 64.6 Å². The highest BCUT2D eigenvalue weighted by molar-refractivity contribution is 6.41. The standard InChI is InChI=1S/C27H30F2N4O/c1-4-34-23-9-7-22(8-10-23)27(32-17(3)26(31)33-27)24-14-19(6-5-16(24)2)20-11-18(15-30)12-21(13-20)25(28)29/h5-6,11-14,22-23,25H,4,7-10H2,1-3H3,(H2,31,33). The van der Waals surface area contributed by atoms with E-state index in [4.69, 9.17) is 20.5 Å². The number of hydrogen-bond acceptors (Lipinski definition) is 5. The number of amidine groups is 1. The second kappa shape index (κ2) is 9.63. The molecule has 1 saturated carbocycles. The summed E-state index contributed by atoms with van der Waals surface area (Å²) in [5.74, 6) is 0.583. The van der Waals surface area contributed by atoms with E-state index in [-0.39, 0.29) is 23.1 Å². The molecule has 4 rings (SSSR count). The second-order valence-corrected chi connectivity index (χ2v) is 9.14. The van der Waals surface area contributed by atoms with Gasteiger partial charge in [0.1, 0.15) is 5.84 Å². The minimum atomic E-state index is -2.66. The number of ether oxygens (including phenoxy) is 1. The van der Waals surface area contributed by atoms with E-state index in [0.717, 1.165) is 42.4 Å². The second-order valence-electron chi connectivity index (χ2n) is 9.14. The largest absolute Gasteiger partial charge is 0.382 e. The summed E-state index contributed by atoms with van der Waals surface area (Å²) in [6.07, 6.45) is 1.27. The van der Waals surface area contributed by atoms with E-state index < -0.39 is 12.1 Å². The summed E-state index contributed by atoms with van der Waals surface area (Å²) in [4.78, 5) is 9.93. The van der Waals surface area contributed by atoms with E-state index in [1.807, 2.05) is 45.0 Å². The third kappa shape index (κ3) is 4.47. The Morgan fingerprint density at radius 2 is 1.82 bits per heavy atom. The van der Waals surface area contributed by atoms with Crippen LogP contribution in [0.3, 0.4) is 0 Å². The number of benzene rings is 2. The number of aliphatic imine (C=N–C) groups is 2. The normalized spacial score (nSPS) is 24.6. The summed E-state index contributed by atoms with van der Waals surface area (Å²) >= 11 is 0. The van der Waals surface area contributed by atoms with Crippen LogP contribution in [0, 0.1) is 24.2 Å². The first-order valence-electron chi connectivity index (χ1n) is 11.8. The Morgan fingerprint density at radius 3 is 2.41 bits per heavy atom. The molecule has 2 aliphatic rings. The van der Waals surface area contributed by atoms with Crippen LogP contribution in [-0.2, 0) is 10.4 Å². The molecule has 0 saturated heterocycles. The fourth-order valence-corrected chi connectivity index (χ4v) is 5.20. The topological polar surface area (TPSA) is 83.8 Å². The van der Waals surface area contributed by atoms with Crippen LogP contribution in [0.4, 0.5) is 8.78 Å². The maximum Gasteiger partial charge on any atom is 0.263 e. The first kappa shape index (κ1) is 24.0. The molecule has 1 aliphatic heterocycles. The van der Waals surface area contributed by atoms with E-state index in [1.165, 1.54) is 12.1 Å². The zero-order valence-corrected chi connectivity index (χ0v) is 19.8. The number of rotatable bonds is 6. The number of hydrogen-bond donors (Lipinski definition) is 1. The minimum Gasteiger partial charge on any atom is -0.382 e. The molecular weight excluding hydrogens is 434 g/mol. The Bertz CT molecular complexity index is 1160. The lowest BCUT2D eigenvalue weighted by atomic mass is 9.74. The maximum atomic E-state index is 13.5. The highest BCUT2D eigenvalue weighted by Gasteiger charge is 2.46. The summed E-state index contributed by atoms with van der Waals surface area (Å²) in [7, 11) is 0. The minimum absolute atomic E-state index is 0.149. The zero-order valence-electron chi connectivity index (χ0n) is 19.8. The van der Waals surface area contributed by atoms with Gasteiger partial charge in [-0.1, -0.05) is 12.1 Å². The van der Waals surface area contributed by atoms with Crippen LogP contribution in [0.15, 0.2) is 46.4 Å². The number of nitrogens with zero attached hydrogens (tertiary/aromatic N) is 3. The molecule has 34 heavy (non-hydrogen) atoms. The third-order valence-corrected chi connectivity index (χ3v) is 6.95. The first-order valence-corrected chi connectivity index (χ1v) is 11.8. The maximum absolute atomic E-state index is 13.5. The molecule has 0 radical (unpaired) electrons. The average molecular weight is 465 g/mol. The molecule has 2 N–H and O–H groups in total. The fourth-order valence-electron chi connectivity index (χ4n) is 5.20. The highest BCUT2D eigenvalue weighted by atomic mass is 19.3. The highest BCUT2D eigenvalue weighted by Crippen LogP contribution is 2.47. The molecule has 0 spiro atoms. The van der Waals surface area contributed by atoms with E-state index in [2.05, 4.69) is 0 Å². The molecule has 2 aromatic rings. The fraction of sp³-hybridized carbons (Fsp3) is 0.444. The van der Waals surface area contributed by atoms with Crippen LogP contribution in [0.5, 0.6) is 0 Å². The van der Waals surface area contributed by atoms with Crippen molar-refractivity contribution >= 4 is 11.5 Å². The van der Waals surface area contributed by atoms with Crippen LogP contribution in [-0.4, -0.2) is 24.3 Å². The van der Waals surface area contributed by atoms with Crippen molar-refractivity contribution in [3.8, 4) is 17.2 Å². The summed E-state index contributed by atoms with van der Waals surface area (Å²) in [6.45, 7) is 6.60. The Balaban J connectivity index is 1.80. The van der Waals surface area contributed by atoms with Gasteiger partial charge in [0.2, 0.25) is 0 Å². The van der Waals surface area contributed by atoms with Gasteiger partial charge in [-0.15, -0.1) is 0 Å². The van der Waals surface area contributed by atoms with Crippen molar-refractivity contribution in [2.24, 2.45) is 21.6 Å². The number of alkyl halides is 2. The molecule has 5 nitrogen and oxygen atoms in total. The van der Waals surface area contributed by atoms with Gasteiger partial charge in [0, 0.05) is 23.7 Å². The van der Waals surface area contributed by atoms with Gasteiger partial charge < -0.3 is 10.5 Å². The summed E-state index contributed by atoms with van der Waals surface area (Å²) in [6, 6.07) is 12.2. The summed E-state index contributed by atoms with van der Waals surface area (Å²) < 4.78 is 32.8. The Kier molecular flexibility index (Phi) is 6.81. The van der Waals surface area contributed by atoms with E-state index in [1.54, 1.807) is 6.07 Å². The van der Waals surface area contributed by atoms with E-state index >= 15 is 0 Å². The van der Waals surface area contributed by atoms with Crippen LogP contribution in [0.1, 0.15) is 68.2 Å². The molecule has 1 fully saturated rings. The lowest BCUT2D eigenvalue weighted by Crippen LogP contribution is -2.36. The van der Waals surface area contributed by atoms with Gasteiger partial charge >= 0.3 is 0 Å². The van der Waals surface area contributed by atoms with Gasteiger partial charge in [-0.3, -0.25) is 4.99 Å². The first-order chi connectivity index (χ1) is 16.3. The van der Waals surface area contributed by atoms with Crippen LogP contribution in [0.2, 0.25) is 0 Å². The van der Waals surface area contributed by atoms with Gasteiger partial charge in [0.15, 0.2) is 5.66 Å². The number of nitriles is 1. The summed E-state index contributed by atoms with van der Waals surface area (Å²) in [5, 5.41) is 9.36. The van der Waals surface area contributed by atoms with Crippen molar-refractivity contribution in [1.29, 1.82) is 5.26 Å². The van der Waals surface area contributed by atoms with Crippen molar-refractivity contribution in [1.82, 2.24) is 0 Å². The van der Waals surface area contributed by atoms with Gasteiger partial charge in [-0.05, 0) is 87.4 Å². The van der Waals surface area contributed by atoms with E-state index in [0.29, 0.717) is 23.7 Å². The van der Waals surface area contributed by atoms with Crippen molar-refractivity contribution in [2.75, 3.05) is 6.61 Å². The van der Waals surface area contributed by atoms with Gasteiger partial charge in [-0.25, -0.2) is 13.8 Å². The smallest absolute Gasteiger partial charge is 0.263 e. The molecule has 0 amide bonds. The quantitative estimate of drug-likeness (QED) is 0.565. The molecule has 0 bridgehead atoms. The molecule has 178 valence electrons. The monoisotopic (exact) mass is 464 g/mol. The molecule has 1 heterocycles. The predicted octanol–water partition coefficient (Wildman–Crippen LogP) is 6.05. The molecule has 1 unspecified atom stereocenters.